The van der Waals surface area contributed by atoms with Crippen molar-refractivity contribution in [2.24, 2.45) is 0 Å². The second kappa shape index (κ2) is 11.4. The smallest absolute Gasteiger partial charge is 0.343 e. The lowest BCUT2D eigenvalue weighted by Crippen LogP contribution is -2.44. The van der Waals surface area contributed by atoms with Gasteiger partial charge in [0.15, 0.2) is 15.4 Å². The number of hydrogen-bond donors (Lipinski definition) is 1. The molecule has 4 aromatic rings. The predicted molar refractivity (Wildman–Crippen MR) is 174 cm³/mol. The molecule has 0 saturated heterocycles. The first-order valence-corrected chi connectivity index (χ1v) is 20.5. The van der Waals surface area contributed by atoms with E-state index in [1.807, 2.05) is 48.5 Å². The highest BCUT2D eigenvalue weighted by molar-refractivity contribution is 7.90. The number of esters is 1. The summed E-state index contributed by atoms with van der Waals surface area (Å²) in [4.78, 5) is 31.3. The summed E-state index contributed by atoms with van der Waals surface area (Å²) in [5.74, 6) is -0.475. The van der Waals surface area contributed by atoms with Crippen LogP contribution in [0.5, 0.6) is 0 Å². The van der Waals surface area contributed by atoms with Crippen LogP contribution in [0.15, 0.2) is 65.5 Å². The first-order valence-electron chi connectivity index (χ1n) is 15.2. The molecule has 0 radical (unpaired) electrons. The van der Waals surface area contributed by atoms with Crippen molar-refractivity contribution in [2.75, 3.05) is 5.75 Å². The summed E-state index contributed by atoms with van der Waals surface area (Å²) < 4.78 is 32.5. The molecule has 2 aromatic heterocycles. The lowest BCUT2D eigenvalue weighted by Gasteiger charge is -2.31. The number of carbonyl (C=O) groups excluding carboxylic acids is 1. The van der Waals surface area contributed by atoms with Gasteiger partial charge in [0, 0.05) is 24.6 Å². The Labute approximate surface area is 258 Å². The molecule has 0 spiro atoms. The summed E-state index contributed by atoms with van der Waals surface area (Å²) in [6.07, 6.45) is 1.54. The fourth-order valence-corrected chi connectivity index (χ4v) is 10.7. The van der Waals surface area contributed by atoms with Crippen LogP contribution in [0.2, 0.25) is 25.2 Å². The summed E-state index contributed by atoms with van der Waals surface area (Å²) >= 11 is 0. The molecule has 0 unspecified atom stereocenters. The highest BCUT2D eigenvalue weighted by Crippen LogP contribution is 2.41. The number of nitrogens with zero attached hydrogens (tertiary/aromatic N) is 2. The summed E-state index contributed by atoms with van der Waals surface area (Å²) in [6.45, 7) is 6.53. The zero-order valence-corrected chi connectivity index (χ0v) is 27.2. The number of hydrogen-bond acceptors (Lipinski definition) is 7. The Balaban J connectivity index is 1.27. The third kappa shape index (κ3) is 5.55. The molecule has 2 aromatic carbocycles. The third-order valence-corrected chi connectivity index (χ3v) is 14.3. The number of aryl methyl sites for hydroxylation is 1. The van der Waals surface area contributed by atoms with Gasteiger partial charge in [0.25, 0.3) is 5.56 Å². The van der Waals surface area contributed by atoms with E-state index in [0.717, 1.165) is 46.1 Å². The first kappa shape index (κ1) is 30.4. The predicted octanol–water partition coefficient (Wildman–Crippen LogP) is 5.34. The molecule has 10 heteroatoms. The fourth-order valence-electron chi connectivity index (χ4n) is 6.66. The van der Waals surface area contributed by atoms with Crippen molar-refractivity contribution in [3.8, 4) is 11.4 Å². The van der Waals surface area contributed by atoms with Crippen molar-refractivity contribution < 1.29 is 23.1 Å². The molecule has 230 valence electrons. The van der Waals surface area contributed by atoms with Crippen LogP contribution in [0, 0.1) is 0 Å². The van der Waals surface area contributed by atoms with E-state index in [1.165, 1.54) is 0 Å². The Bertz CT molecular complexity index is 1940. The molecule has 0 amide bonds. The monoisotopic (exact) mass is 630 g/mol. The molecule has 44 heavy (non-hydrogen) atoms. The number of aromatic nitrogens is 2. The van der Waals surface area contributed by atoms with Crippen LogP contribution in [-0.4, -0.2) is 42.9 Å². The van der Waals surface area contributed by atoms with E-state index in [1.54, 1.807) is 17.6 Å². The first-order chi connectivity index (χ1) is 20.9. The van der Waals surface area contributed by atoms with Crippen molar-refractivity contribution in [3.63, 3.8) is 0 Å². The molecule has 8 nitrogen and oxygen atoms in total. The number of fused-ring (bicyclic) bond motifs is 5. The quantitative estimate of drug-likeness (QED) is 0.164. The highest BCUT2D eigenvalue weighted by Gasteiger charge is 2.45. The third-order valence-electron chi connectivity index (χ3n) is 9.30. The van der Waals surface area contributed by atoms with Crippen molar-refractivity contribution >= 4 is 34.8 Å². The van der Waals surface area contributed by atoms with E-state index in [2.05, 4.69) is 19.2 Å². The minimum absolute atomic E-state index is 0.0737. The number of para-hydroxylation sites is 1. The van der Waals surface area contributed by atoms with Crippen molar-refractivity contribution in [2.45, 2.75) is 75.9 Å². The minimum atomic E-state index is -3.18. The number of cyclic esters (lactones) is 1. The zero-order chi connectivity index (χ0) is 31.3. The number of benzene rings is 2. The Hall–Kier alpha value is -3.60. The Morgan fingerprint density at radius 3 is 2.50 bits per heavy atom. The Kier molecular flexibility index (Phi) is 7.88. The molecule has 0 bridgehead atoms. The Morgan fingerprint density at radius 2 is 1.75 bits per heavy atom. The van der Waals surface area contributed by atoms with E-state index in [9.17, 15) is 23.1 Å². The molecule has 6 rings (SSSR count). The van der Waals surface area contributed by atoms with Gasteiger partial charge in [0.05, 0.1) is 40.5 Å². The molecule has 2 aliphatic rings. The van der Waals surface area contributed by atoms with Gasteiger partial charge in [-0.3, -0.25) is 4.79 Å². The lowest BCUT2D eigenvalue weighted by atomic mass is 9.86. The maximum Gasteiger partial charge on any atom is 0.343 e. The lowest BCUT2D eigenvalue weighted by molar-refractivity contribution is -0.172. The van der Waals surface area contributed by atoms with Gasteiger partial charge >= 0.3 is 5.97 Å². The van der Waals surface area contributed by atoms with E-state index in [0.29, 0.717) is 35.5 Å². The standard InChI is InChI=1S/C34H38N2O6SSi/c1-4-34(39)28-19-30-31-26(20-36(30)32(37)27(28)21-42-33(34)38)24(25-13-8-9-14-29(25)35-31)15-18-44(2,3)17-10-16-43(40,41)22-23-11-6-5-7-12-23/h5-9,11-14,19,39H,4,10,15-18,20-22H2,1-3H3/t34-/m0/s1. The van der Waals surface area contributed by atoms with Crippen molar-refractivity contribution in [1.29, 1.82) is 0 Å². The number of sulfone groups is 1. The number of pyridine rings is 2. The number of ether oxygens (including phenoxy) is 1. The van der Waals surface area contributed by atoms with Crippen LogP contribution in [0.3, 0.4) is 0 Å². The van der Waals surface area contributed by atoms with Crippen LogP contribution in [-0.2, 0) is 50.3 Å². The van der Waals surface area contributed by atoms with Crippen LogP contribution in [0.1, 0.15) is 47.6 Å². The van der Waals surface area contributed by atoms with E-state index >= 15 is 0 Å². The van der Waals surface area contributed by atoms with Crippen molar-refractivity contribution in [3.05, 3.63) is 98.8 Å². The van der Waals surface area contributed by atoms with Gasteiger partial charge in [0.2, 0.25) is 0 Å². The Morgan fingerprint density at radius 1 is 1.02 bits per heavy atom. The molecule has 4 heterocycles. The molecular formula is C34H38N2O6SSi. The van der Waals surface area contributed by atoms with E-state index in [4.69, 9.17) is 9.72 Å². The van der Waals surface area contributed by atoms with E-state index < -0.39 is 29.5 Å². The number of aliphatic hydroxyl groups is 1. The molecular weight excluding hydrogens is 593 g/mol. The van der Waals surface area contributed by atoms with Crippen LogP contribution < -0.4 is 5.56 Å². The molecule has 0 saturated carbocycles. The second-order valence-electron chi connectivity index (χ2n) is 12.9. The van der Waals surface area contributed by atoms with Gasteiger partial charge < -0.3 is 14.4 Å². The van der Waals surface area contributed by atoms with Crippen LogP contribution >= 0.6 is 0 Å². The minimum Gasteiger partial charge on any atom is -0.458 e. The summed E-state index contributed by atoms with van der Waals surface area (Å²) in [5, 5.41) is 12.3. The van der Waals surface area contributed by atoms with Gasteiger partial charge in [-0.2, -0.15) is 0 Å². The van der Waals surface area contributed by atoms with Gasteiger partial charge in [-0.1, -0.05) is 80.6 Å². The van der Waals surface area contributed by atoms with Crippen LogP contribution in [0.4, 0.5) is 0 Å². The topological polar surface area (TPSA) is 116 Å². The fraction of sp³-hybridized carbons (Fsp3) is 0.382. The maximum absolute atomic E-state index is 13.7. The van der Waals surface area contributed by atoms with Gasteiger partial charge in [-0.05, 0) is 42.5 Å². The molecule has 1 N–H and O–H groups in total. The maximum atomic E-state index is 13.7. The summed E-state index contributed by atoms with van der Waals surface area (Å²) in [6, 6.07) is 20.9. The van der Waals surface area contributed by atoms with Crippen molar-refractivity contribution in [1.82, 2.24) is 9.55 Å². The largest absolute Gasteiger partial charge is 0.458 e. The van der Waals surface area contributed by atoms with Gasteiger partial charge in [0.1, 0.15) is 6.61 Å². The normalized spacial score (nSPS) is 17.7. The highest BCUT2D eigenvalue weighted by atomic mass is 32.2. The average molecular weight is 631 g/mol. The molecule has 1 atom stereocenters. The molecule has 0 aliphatic carbocycles. The number of rotatable bonds is 10. The molecule has 0 fully saturated rings. The number of carbonyl (C=O) groups is 1. The SMILES string of the molecule is CC[C@@]1(O)C(=O)OCc2c1cc1n(c2=O)Cc2c-1nc1ccccc1c2CC[Si](C)(C)CCCS(=O)(=O)Cc1ccccc1. The van der Waals surface area contributed by atoms with Crippen LogP contribution in [0.25, 0.3) is 22.3 Å². The second-order valence-corrected chi connectivity index (χ2v) is 20.4. The zero-order valence-electron chi connectivity index (χ0n) is 25.4. The summed E-state index contributed by atoms with van der Waals surface area (Å²) in [5.41, 5.74) is 3.61. The van der Waals surface area contributed by atoms with E-state index in [-0.39, 0.29) is 30.1 Å². The summed E-state index contributed by atoms with van der Waals surface area (Å²) in [7, 11) is -4.96. The molecule has 2 aliphatic heterocycles. The average Bonchev–Trinajstić information content (AvgIpc) is 3.36. The van der Waals surface area contributed by atoms with Gasteiger partial charge in [-0.25, -0.2) is 18.2 Å². The van der Waals surface area contributed by atoms with Gasteiger partial charge in [-0.15, -0.1) is 0 Å².